The van der Waals surface area contributed by atoms with Crippen molar-refractivity contribution in [2.75, 3.05) is 5.32 Å². The van der Waals surface area contributed by atoms with Crippen molar-refractivity contribution in [3.8, 4) is 6.07 Å². The molecule has 1 heterocycles. The number of pyridine rings is 1. The lowest BCUT2D eigenvalue weighted by Crippen LogP contribution is -2.13. The first kappa shape index (κ1) is 13.2. The van der Waals surface area contributed by atoms with Gasteiger partial charge in [-0.05, 0) is 36.4 Å². The summed E-state index contributed by atoms with van der Waals surface area (Å²) in [4.78, 5) is 26.6. The second-order valence-corrected chi connectivity index (χ2v) is 3.88. The standard InChI is InChI=1S/C14H9N3O3/c15-8-9-1-3-10(4-2-9)13(18)17-12-7-11(14(19)20)5-6-16-12/h1-7H,(H,19,20)(H,16,17,18). The Bertz CT molecular complexity index is 702. The molecule has 6 nitrogen and oxygen atoms in total. The number of carboxylic acid groups (broad SMARTS) is 1. The van der Waals surface area contributed by atoms with Gasteiger partial charge < -0.3 is 10.4 Å². The molecule has 0 saturated carbocycles. The summed E-state index contributed by atoms with van der Waals surface area (Å²) in [6.07, 6.45) is 1.30. The third kappa shape index (κ3) is 2.97. The van der Waals surface area contributed by atoms with E-state index >= 15 is 0 Å². The number of nitrogens with one attached hydrogen (secondary N) is 1. The van der Waals surface area contributed by atoms with Gasteiger partial charge in [0.15, 0.2) is 0 Å². The van der Waals surface area contributed by atoms with Crippen LogP contribution in [0.25, 0.3) is 0 Å². The van der Waals surface area contributed by atoms with Crippen molar-refractivity contribution in [3.05, 3.63) is 59.3 Å². The highest BCUT2D eigenvalue weighted by atomic mass is 16.4. The number of nitrogens with zero attached hydrogens (tertiary/aromatic N) is 2. The molecule has 1 aromatic carbocycles. The lowest BCUT2D eigenvalue weighted by atomic mass is 10.1. The Morgan fingerprint density at radius 1 is 1.15 bits per heavy atom. The summed E-state index contributed by atoms with van der Waals surface area (Å²) >= 11 is 0. The highest BCUT2D eigenvalue weighted by Crippen LogP contribution is 2.10. The molecule has 20 heavy (non-hydrogen) atoms. The van der Waals surface area contributed by atoms with E-state index in [1.54, 1.807) is 0 Å². The molecule has 1 amide bonds. The number of benzene rings is 1. The first-order valence-corrected chi connectivity index (χ1v) is 5.61. The molecule has 0 unspecified atom stereocenters. The van der Waals surface area contributed by atoms with Crippen molar-refractivity contribution in [2.24, 2.45) is 0 Å². The Labute approximate surface area is 114 Å². The molecular weight excluding hydrogens is 258 g/mol. The van der Waals surface area contributed by atoms with E-state index in [1.807, 2.05) is 6.07 Å². The predicted octanol–water partition coefficient (Wildman–Crippen LogP) is 1.90. The second kappa shape index (κ2) is 5.63. The Morgan fingerprint density at radius 3 is 2.45 bits per heavy atom. The number of hydrogen-bond acceptors (Lipinski definition) is 4. The summed E-state index contributed by atoms with van der Waals surface area (Å²) in [6, 6.07) is 10.6. The first-order chi connectivity index (χ1) is 9.60. The fourth-order valence-electron chi connectivity index (χ4n) is 1.52. The third-order valence-corrected chi connectivity index (χ3v) is 2.52. The molecule has 0 spiro atoms. The number of amides is 1. The molecule has 6 heteroatoms. The van der Waals surface area contributed by atoms with Crippen molar-refractivity contribution in [2.45, 2.75) is 0 Å². The van der Waals surface area contributed by atoms with E-state index < -0.39 is 11.9 Å². The monoisotopic (exact) mass is 267 g/mol. The van der Waals surface area contributed by atoms with Crippen molar-refractivity contribution in [3.63, 3.8) is 0 Å². The minimum absolute atomic E-state index is 0.0372. The largest absolute Gasteiger partial charge is 0.478 e. The number of anilines is 1. The zero-order valence-corrected chi connectivity index (χ0v) is 10.2. The van der Waals surface area contributed by atoms with Crippen molar-refractivity contribution >= 4 is 17.7 Å². The van der Waals surface area contributed by atoms with Gasteiger partial charge in [-0.15, -0.1) is 0 Å². The van der Waals surface area contributed by atoms with E-state index in [4.69, 9.17) is 10.4 Å². The second-order valence-electron chi connectivity index (χ2n) is 3.88. The van der Waals surface area contributed by atoms with Crippen LogP contribution in [0.15, 0.2) is 42.6 Å². The van der Waals surface area contributed by atoms with Gasteiger partial charge in [0.05, 0.1) is 17.2 Å². The summed E-state index contributed by atoms with van der Waals surface area (Å²) in [6.45, 7) is 0. The molecule has 2 aromatic rings. The molecular formula is C14H9N3O3. The van der Waals surface area contributed by atoms with Crippen molar-refractivity contribution in [1.82, 2.24) is 4.98 Å². The van der Waals surface area contributed by atoms with Gasteiger partial charge in [-0.1, -0.05) is 0 Å². The quantitative estimate of drug-likeness (QED) is 0.884. The first-order valence-electron chi connectivity index (χ1n) is 5.61. The topological polar surface area (TPSA) is 103 Å². The fraction of sp³-hybridized carbons (Fsp3) is 0. The Morgan fingerprint density at radius 2 is 1.85 bits per heavy atom. The zero-order valence-electron chi connectivity index (χ0n) is 10.2. The molecule has 0 bridgehead atoms. The van der Waals surface area contributed by atoms with Gasteiger partial charge >= 0.3 is 5.97 Å². The molecule has 1 aromatic heterocycles. The van der Waals surface area contributed by atoms with Crippen LogP contribution in [-0.2, 0) is 0 Å². The molecule has 0 fully saturated rings. The number of aromatic carboxylic acids is 1. The van der Waals surface area contributed by atoms with Crippen LogP contribution < -0.4 is 5.32 Å². The average molecular weight is 267 g/mol. The summed E-state index contributed by atoms with van der Waals surface area (Å²) in [5, 5.41) is 20.0. The minimum atomic E-state index is -1.10. The van der Waals surface area contributed by atoms with Crippen LogP contribution in [0.3, 0.4) is 0 Å². The highest BCUT2D eigenvalue weighted by Gasteiger charge is 2.09. The Balaban J connectivity index is 2.17. The van der Waals surface area contributed by atoms with Gasteiger partial charge in [-0.3, -0.25) is 4.79 Å². The summed E-state index contributed by atoms with van der Waals surface area (Å²) in [5.41, 5.74) is 0.842. The van der Waals surface area contributed by atoms with Crippen molar-refractivity contribution in [1.29, 1.82) is 5.26 Å². The number of carbonyl (C=O) groups is 2. The molecule has 98 valence electrons. The van der Waals surface area contributed by atoms with Gasteiger partial charge in [-0.25, -0.2) is 9.78 Å². The van der Waals surface area contributed by atoms with Crippen LogP contribution in [0.5, 0.6) is 0 Å². The number of rotatable bonds is 3. The number of carboxylic acids is 1. The van der Waals surface area contributed by atoms with Gasteiger partial charge in [0, 0.05) is 11.8 Å². The SMILES string of the molecule is N#Cc1ccc(C(=O)Nc2cc(C(=O)O)ccn2)cc1. The maximum Gasteiger partial charge on any atom is 0.335 e. The molecule has 2 N–H and O–H groups in total. The van der Waals surface area contributed by atoms with Crippen LogP contribution in [-0.4, -0.2) is 22.0 Å². The maximum absolute atomic E-state index is 11.9. The van der Waals surface area contributed by atoms with Crippen molar-refractivity contribution < 1.29 is 14.7 Å². The summed E-state index contributed by atoms with van der Waals surface area (Å²) < 4.78 is 0. The molecule has 0 aliphatic rings. The predicted molar refractivity (Wildman–Crippen MR) is 70.3 cm³/mol. The van der Waals surface area contributed by atoms with E-state index in [1.165, 1.54) is 42.6 Å². The van der Waals surface area contributed by atoms with Gasteiger partial charge in [-0.2, -0.15) is 5.26 Å². The van der Waals surface area contributed by atoms with Crippen LogP contribution in [0, 0.1) is 11.3 Å². The van der Waals surface area contributed by atoms with Crippen LogP contribution in [0.1, 0.15) is 26.3 Å². The molecule has 0 atom stereocenters. The van der Waals surface area contributed by atoms with Gasteiger partial charge in [0.25, 0.3) is 5.91 Å². The lowest BCUT2D eigenvalue weighted by Gasteiger charge is -2.05. The molecule has 2 rings (SSSR count). The van der Waals surface area contributed by atoms with Gasteiger partial charge in [0.2, 0.25) is 0 Å². The smallest absolute Gasteiger partial charge is 0.335 e. The zero-order chi connectivity index (χ0) is 14.5. The van der Waals surface area contributed by atoms with Crippen LogP contribution >= 0.6 is 0 Å². The van der Waals surface area contributed by atoms with E-state index in [9.17, 15) is 9.59 Å². The molecule has 0 aliphatic heterocycles. The minimum Gasteiger partial charge on any atom is -0.478 e. The number of carbonyl (C=O) groups excluding carboxylic acids is 1. The molecule has 0 radical (unpaired) electrons. The van der Waals surface area contributed by atoms with E-state index in [-0.39, 0.29) is 11.4 Å². The summed E-state index contributed by atoms with van der Waals surface area (Å²) in [5.74, 6) is -1.37. The highest BCUT2D eigenvalue weighted by molar-refractivity contribution is 6.04. The molecule has 0 saturated heterocycles. The number of hydrogen-bond donors (Lipinski definition) is 2. The Hall–Kier alpha value is -3.20. The van der Waals surface area contributed by atoms with Gasteiger partial charge in [0.1, 0.15) is 5.82 Å². The third-order valence-electron chi connectivity index (χ3n) is 2.52. The number of nitriles is 1. The fourth-order valence-corrected chi connectivity index (χ4v) is 1.52. The molecule has 0 aliphatic carbocycles. The number of aromatic nitrogens is 1. The van der Waals surface area contributed by atoms with Crippen LogP contribution in [0.4, 0.5) is 5.82 Å². The summed E-state index contributed by atoms with van der Waals surface area (Å²) in [7, 11) is 0. The maximum atomic E-state index is 11.9. The Kier molecular flexibility index (Phi) is 3.72. The van der Waals surface area contributed by atoms with Crippen LogP contribution in [0.2, 0.25) is 0 Å². The average Bonchev–Trinajstić information content (AvgIpc) is 2.47. The van der Waals surface area contributed by atoms with E-state index in [2.05, 4.69) is 10.3 Å². The van der Waals surface area contributed by atoms with E-state index in [0.29, 0.717) is 11.1 Å². The van der Waals surface area contributed by atoms with E-state index in [0.717, 1.165) is 0 Å². The normalized spacial score (nSPS) is 9.55. The lowest BCUT2D eigenvalue weighted by molar-refractivity contribution is 0.0696.